The second kappa shape index (κ2) is 7.69. The van der Waals surface area contributed by atoms with Gasteiger partial charge in [0.25, 0.3) is 0 Å². The summed E-state index contributed by atoms with van der Waals surface area (Å²) in [7, 11) is -1.36. The van der Waals surface area contributed by atoms with E-state index in [9.17, 15) is 0 Å². The van der Waals surface area contributed by atoms with Gasteiger partial charge in [-0.05, 0) is 50.7 Å². The van der Waals surface area contributed by atoms with Crippen LogP contribution < -0.4 is 0 Å². The minimum absolute atomic E-state index is 0.588. The average Bonchev–Trinajstić information content (AvgIpc) is 2.64. The van der Waals surface area contributed by atoms with Gasteiger partial charge in [0.2, 0.25) is 0 Å². The van der Waals surface area contributed by atoms with E-state index in [2.05, 4.69) is 33.5 Å². The van der Waals surface area contributed by atoms with E-state index in [1.54, 1.807) is 0 Å². The zero-order valence-electron chi connectivity index (χ0n) is 13.3. The lowest BCUT2D eigenvalue weighted by molar-refractivity contribution is 0.124. The molecular formula is C16H34OSi. The van der Waals surface area contributed by atoms with Gasteiger partial charge in [-0.15, -0.1) is 0 Å². The molecule has 2 heteroatoms. The third-order valence-corrected chi connectivity index (χ3v) is 5.24. The molecule has 0 aromatic heterocycles. The van der Waals surface area contributed by atoms with Crippen molar-refractivity contribution in [2.45, 2.75) is 91.0 Å². The smallest absolute Gasteiger partial charge is 0.184 e. The van der Waals surface area contributed by atoms with E-state index in [0.29, 0.717) is 6.10 Å². The first kappa shape index (κ1) is 16.2. The molecule has 1 nitrogen and oxygen atoms in total. The van der Waals surface area contributed by atoms with Gasteiger partial charge in [0.15, 0.2) is 8.32 Å². The lowest BCUT2D eigenvalue weighted by atomic mass is 9.86. The van der Waals surface area contributed by atoms with Crippen LogP contribution in [0, 0.1) is 11.8 Å². The van der Waals surface area contributed by atoms with Crippen molar-refractivity contribution in [2.75, 3.05) is 0 Å². The molecule has 0 amide bonds. The summed E-state index contributed by atoms with van der Waals surface area (Å²) in [5.41, 5.74) is 0. The van der Waals surface area contributed by atoms with Gasteiger partial charge in [-0.25, -0.2) is 0 Å². The zero-order valence-corrected chi connectivity index (χ0v) is 14.3. The van der Waals surface area contributed by atoms with E-state index >= 15 is 0 Å². The molecule has 0 aromatic rings. The van der Waals surface area contributed by atoms with Crippen LogP contribution in [-0.2, 0) is 4.43 Å². The van der Waals surface area contributed by atoms with Gasteiger partial charge in [0.05, 0.1) is 0 Å². The molecule has 0 bridgehead atoms. The van der Waals surface area contributed by atoms with Crippen molar-refractivity contribution in [1.29, 1.82) is 0 Å². The lowest BCUT2D eigenvalue weighted by Gasteiger charge is -2.30. The molecule has 0 heterocycles. The minimum Gasteiger partial charge on any atom is -0.414 e. The van der Waals surface area contributed by atoms with Crippen molar-refractivity contribution in [1.82, 2.24) is 0 Å². The normalized spacial score (nSPS) is 28.8. The van der Waals surface area contributed by atoms with E-state index in [-0.39, 0.29) is 0 Å². The molecule has 0 radical (unpaired) electrons. The highest BCUT2D eigenvalue weighted by atomic mass is 28.4. The quantitative estimate of drug-likeness (QED) is 0.521. The Morgan fingerprint density at radius 1 is 0.944 bits per heavy atom. The molecule has 1 aliphatic rings. The van der Waals surface area contributed by atoms with E-state index in [0.717, 1.165) is 11.8 Å². The molecule has 0 aromatic carbocycles. The first-order valence-electron chi connectivity index (χ1n) is 8.15. The summed E-state index contributed by atoms with van der Waals surface area (Å²) in [6.45, 7) is 11.6. The number of rotatable bonds is 8. The standard InChI is InChI=1S/C16H34OSi/c1-6-8-10-14-12-13-16(17-18(3,4)5)15(14)11-9-7-2/h14-16H,6-13H2,1-5H3. The van der Waals surface area contributed by atoms with Crippen molar-refractivity contribution in [3.05, 3.63) is 0 Å². The Hall–Kier alpha value is 0.177. The highest BCUT2D eigenvalue weighted by Gasteiger charge is 2.37. The van der Waals surface area contributed by atoms with Crippen molar-refractivity contribution in [3.8, 4) is 0 Å². The van der Waals surface area contributed by atoms with Crippen LogP contribution in [0.3, 0.4) is 0 Å². The fourth-order valence-electron chi connectivity index (χ4n) is 3.40. The molecule has 0 aliphatic heterocycles. The summed E-state index contributed by atoms with van der Waals surface area (Å²) < 4.78 is 6.46. The van der Waals surface area contributed by atoms with Crippen LogP contribution in [0.1, 0.15) is 65.2 Å². The average molecular weight is 271 g/mol. The van der Waals surface area contributed by atoms with Crippen LogP contribution in [0.15, 0.2) is 0 Å². The first-order chi connectivity index (χ1) is 8.48. The van der Waals surface area contributed by atoms with E-state index in [1.807, 2.05) is 0 Å². The molecule has 108 valence electrons. The maximum absolute atomic E-state index is 6.46. The van der Waals surface area contributed by atoms with Crippen LogP contribution in [-0.4, -0.2) is 14.4 Å². The van der Waals surface area contributed by atoms with Crippen molar-refractivity contribution >= 4 is 8.32 Å². The van der Waals surface area contributed by atoms with Crippen molar-refractivity contribution < 1.29 is 4.43 Å². The minimum atomic E-state index is -1.36. The van der Waals surface area contributed by atoms with Gasteiger partial charge in [-0.2, -0.15) is 0 Å². The third kappa shape index (κ3) is 5.44. The molecule has 1 fully saturated rings. The Morgan fingerprint density at radius 3 is 2.11 bits per heavy atom. The number of hydrogen-bond donors (Lipinski definition) is 0. The highest BCUT2D eigenvalue weighted by molar-refractivity contribution is 6.69. The molecule has 1 aliphatic carbocycles. The van der Waals surface area contributed by atoms with Gasteiger partial charge in [0.1, 0.15) is 0 Å². The molecule has 18 heavy (non-hydrogen) atoms. The molecule has 0 spiro atoms. The Labute approximate surface area is 116 Å². The molecule has 0 N–H and O–H groups in total. The van der Waals surface area contributed by atoms with Crippen LogP contribution in [0.2, 0.25) is 19.6 Å². The maximum Gasteiger partial charge on any atom is 0.184 e. The largest absolute Gasteiger partial charge is 0.414 e. The van der Waals surface area contributed by atoms with Crippen molar-refractivity contribution in [2.24, 2.45) is 11.8 Å². The monoisotopic (exact) mass is 270 g/mol. The molecule has 1 rings (SSSR count). The van der Waals surface area contributed by atoms with Gasteiger partial charge >= 0.3 is 0 Å². The van der Waals surface area contributed by atoms with Crippen LogP contribution in [0.5, 0.6) is 0 Å². The fraction of sp³-hybridized carbons (Fsp3) is 1.00. The summed E-state index contributed by atoms with van der Waals surface area (Å²) in [5, 5.41) is 0. The summed E-state index contributed by atoms with van der Waals surface area (Å²) in [4.78, 5) is 0. The molecule has 3 atom stereocenters. The molecule has 0 saturated heterocycles. The van der Waals surface area contributed by atoms with Gasteiger partial charge in [-0.3, -0.25) is 0 Å². The van der Waals surface area contributed by atoms with Gasteiger partial charge in [0, 0.05) is 6.10 Å². The Kier molecular flexibility index (Phi) is 6.93. The lowest BCUT2D eigenvalue weighted by Crippen LogP contribution is -2.35. The van der Waals surface area contributed by atoms with Gasteiger partial charge < -0.3 is 4.43 Å². The van der Waals surface area contributed by atoms with Crippen LogP contribution in [0.25, 0.3) is 0 Å². The Bertz CT molecular complexity index is 222. The van der Waals surface area contributed by atoms with E-state index in [1.165, 1.54) is 51.4 Å². The summed E-state index contributed by atoms with van der Waals surface area (Å²) in [6, 6.07) is 0. The molecular weight excluding hydrogens is 236 g/mol. The Morgan fingerprint density at radius 2 is 1.56 bits per heavy atom. The predicted molar refractivity (Wildman–Crippen MR) is 83.5 cm³/mol. The van der Waals surface area contributed by atoms with Crippen LogP contribution in [0.4, 0.5) is 0 Å². The summed E-state index contributed by atoms with van der Waals surface area (Å²) >= 11 is 0. The first-order valence-corrected chi connectivity index (χ1v) is 11.6. The van der Waals surface area contributed by atoms with Crippen molar-refractivity contribution in [3.63, 3.8) is 0 Å². The maximum atomic E-state index is 6.46. The molecule has 3 unspecified atom stereocenters. The van der Waals surface area contributed by atoms with E-state index in [4.69, 9.17) is 4.43 Å². The third-order valence-electron chi connectivity index (χ3n) is 4.23. The molecule has 1 saturated carbocycles. The Balaban J connectivity index is 2.55. The SMILES string of the molecule is CCCCC1CCC(O[Si](C)(C)C)C1CCCC. The fourth-order valence-corrected chi connectivity index (χ4v) is 4.60. The summed E-state index contributed by atoms with van der Waals surface area (Å²) in [5.74, 6) is 1.82. The van der Waals surface area contributed by atoms with Gasteiger partial charge in [-0.1, -0.05) is 46.0 Å². The number of hydrogen-bond acceptors (Lipinski definition) is 1. The second-order valence-corrected chi connectivity index (χ2v) is 11.5. The van der Waals surface area contributed by atoms with Crippen LogP contribution >= 0.6 is 0 Å². The topological polar surface area (TPSA) is 9.23 Å². The second-order valence-electron chi connectivity index (χ2n) is 7.05. The van der Waals surface area contributed by atoms with E-state index < -0.39 is 8.32 Å². The zero-order chi connectivity index (χ0) is 13.6. The predicted octanol–water partition coefficient (Wildman–Crippen LogP) is 5.61. The summed E-state index contributed by atoms with van der Waals surface area (Å²) in [6.07, 6.45) is 11.6. The highest BCUT2D eigenvalue weighted by Crippen LogP contribution is 2.41. The number of unbranched alkanes of at least 4 members (excludes halogenated alkanes) is 2.